The molecule has 2 N–H and O–H groups in total. The number of halogens is 1. The number of furan rings is 1. The molecule has 4 aromatic rings. The van der Waals surface area contributed by atoms with E-state index >= 15 is 0 Å². The summed E-state index contributed by atoms with van der Waals surface area (Å²) >= 11 is 0. The van der Waals surface area contributed by atoms with Crippen molar-refractivity contribution in [2.45, 2.75) is 19.4 Å². The first-order valence-corrected chi connectivity index (χ1v) is 10.6. The average molecular weight is 444 g/mol. The highest BCUT2D eigenvalue weighted by atomic mass is 19.1. The van der Waals surface area contributed by atoms with Crippen LogP contribution in [0.1, 0.15) is 33.5 Å². The third-order valence-corrected chi connectivity index (χ3v) is 6.00. The van der Waals surface area contributed by atoms with Gasteiger partial charge in [-0.3, -0.25) is 9.59 Å². The number of aliphatic hydroxyl groups is 1. The molecule has 2 aromatic carbocycles. The first kappa shape index (κ1) is 20.8. The van der Waals surface area contributed by atoms with Crippen molar-refractivity contribution < 1.29 is 23.5 Å². The Morgan fingerprint density at radius 2 is 1.88 bits per heavy atom. The summed E-state index contributed by atoms with van der Waals surface area (Å²) in [6.45, 7) is 1.95. The fourth-order valence-corrected chi connectivity index (χ4v) is 4.38. The molecule has 1 aliphatic rings. The summed E-state index contributed by atoms with van der Waals surface area (Å²) in [6, 6.07) is 15.7. The summed E-state index contributed by atoms with van der Waals surface area (Å²) < 4.78 is 19.1. The van der Waals surface area contributed by atoms with E-state index in [1.807, 2.05) is 30.5 Å². The normalized spacial score (nSPS) is 16.2. The minimum absolute atomic E-state index is 0.0347. The SMILES string of the molecule is Cc1ccc(C(=O)C2=C(O)C(=O)N(CCc3c[nH]c4ccccc34)C2c2ccc(F)cc2)o1. The number of carbonyl (C=O) groups excluding carboxylic acids is 2. The molecule has 33 heavy (non-hydrogen) atoms. The lowest BCUT2D eigenvalue weighted by molar-refractivity contribution is -0.129. The number of aryl methyl sites for hydroxylation is 1. The zero-order valence-corrected chi connectivity index (χ0v) is 17.8. The summed E-state index contributed by atoms with van der Waals surface area (Å²) in [5.74, 6) is -1.68. The highest BCUT2D eigenvalue weighted by Crippen LogP contribution is 2.39. The third kappa shape index (κ3) is 3.61. The van der Waals surface area contributed by atoms with Crippen molar-refractivity contribution in [3.63, 3.8) is 0 Å². The van der Waals surface area contributed by atoms with Crippen molar-refractivity contribution in [2.24, 2.45) is 0 Å². The monoisotopic (exact) mass is 444 g/mol. The van der Waals surface area contributed by atoms with E-state index in [1.165, 1.54) is 35.2 Å². The molecule has 6 nitrogen and oxygen atoms in total. The molecular formula is C26H21FN2O4. The maximum absolute atomic E-state index is 13.6. The Bertz CT molecular complexity index is 1400. The predicted molar refractivity (Wildman–Crippen MR) is 120 cm³/mol. The number of hydrogen-bond acceptors (Lipinski definition) is 4. The van der Waals surface area contributed by atoms with Crippen molar-refractivity contribution in [3.8, 4) is 0 Å². The molecule has 0 spiro atoms. The van der Waals surface area contributed by atoms with Gasteiger partial charge in [0.15, 0.2) is 11.5 Å². The van der Waals surface area contributed by atoms with Gasteiger partial charge in [-0.1, -0.05) is 30.3 Å². The Hall–Kier alpha value is -4.13. The molecule has 1 aliphatic heterocycles. The van der Waals surface area contributed by atoms with Gasteiger partial charge >= 0.3 is 0 Å². The van der Waals surface area contributed by atoms with Crippen molar-refractivity contribution in [1.82, 2.24) is 9.88 Å². The van der Waals surface area contributed by atoms with Gasteiger partial charge in [-0.2, -0.15) is 0 Å². The molecule has 166 valence electrons. The highest BCUT2D eigenvalue weighted by molar-refractivity contribution is 6.15. The van der Waals surface area contributed by atoms with Crippen LogP contribution in [0.4, 0.5) is 4.39 Å². The molecule has 1 amide bonds. The minimum atomic E-state index is -0.860. The Morgan fingerprint density at radius 3 is 2.61 bits per heavy atom. The van der Waals surface area contributed by atoms with E-state index in [9.17, 15) is 19.1 Å². The van der Waals surface area contributed by atoms with Gasteiger partial charge in [0, 0.05) is 23.6 Å². The van der Waals surface area contributed by atoms with E-state index in [0.717, 1.165) is 16.5 Å². The highest BCUT2D eigenvalue weighted by Gasteiger charge is 2.44. The topological polar surface area (TPSA) is 86.5 Å². The second-order valence-corrected chi connectivity index (χ2v) is 8.06. The Kier molecular flexibility index (Phi) is 5.09. The Balaban J connectivity index is 1.51. The molecule has 0 saturated carbocycles. The maximum atomic E-state index is 13.6. The summed E-state index contributed by atoms with van der Waals surface area (Å²) in [5, 5.41) is 11.8. The van der Waals surface area contributed by atoms with Crippen molar-refractivity contribution in [1.29, 1.82) is 0 Å². The lowest BCUT2D eigenvalue weighted by Gasteiger charge is -2.26. The maximum Gasteiger partial charge on any atom is 0.290 e. The summed E-state index contributed by atoms with van der Waals surface area (Å²) in [7, 11) is 0. The molecule has 0 fully saturated rings. The number of ketones is 1. The number of para-hydroxylation sites is 1. The number of rotatable bonds is 6. The van der Waals surface area contributed by atoms with Crippen molar-refractivity contribution in [3.05, 3.63) is 107 Å². The van der Waals surface area contributed by atoms with Crippen LogP contribution in [0.2, 0.25) is 0 Å². The van der Waals surface area contributed by atoms with Gasteiger partial charge in [0.25, 0.3) is 5.91 Å². The third-order valence-electron chi connectivity index (χ3n) is 6.00. The molecule has 0 bridgehead atoms. The molecule has 7 heteroatoms. The second-order valence-electron chi connectivity index (χ2n) is 8.06. The fourth-order valence-electron chi connectivity index (χ4n) is 4.38. The number of Topliss-reactive ketones (excluding diaryl/α,β-unsaturated/α-hetero) is 1. The summed E-state index contributed by atoms with van der Waals surface area (Å²) in [5.41, 5.74) is 2.46. The van der Waals surface area contributed by atoms with E-state index in [-0.39, 0.29) is 17.9 Å². The molecule has 1 unspecified atom stereocenters. The Morgan fingerprint density at radius 1 is 1.12 bits per heavy atom. The van der Waals surface area contributed by atoms with E-state index in [2.05, 4.69) is 4.98 Å². The van der Waals surface area contributed by atoms with Crippen LogP contribution in [0.5, 0.6) is 0 Å². The zero-order chi connectivity index (χ0) is 23.1. The quantitative estimate of drug-likeness (QED) is 0.409. The lowest BCUT2D eigenvalue weighted by atomic mass is 9.95. The molecule has 3 heterocycles. The molecular weight excluding hydrogens is 423 g/mol. The van der Waals surface area contributed by atoms with Crippen LogP contribution < -0.4 is 0 Å². The van der Waals surface area contributed by atoms with E-state index in [1.54, 1.807) is 13.0 Å². The average Bonchev–Trinajstić information content (AvgIpc) is 3.50. The number of fused-ring (bicyclic) bond motifs is 1. The summed E-state index contributed by atoms with van der Waals surface area (Å²) in [6.07, 6.45) is 2.39. The number of benzene rings is 2. The van der Waals surface area contributed by atoms with Gasteiger partial charge in [-0.25, -0.2) is 4.39 Å². The molecule has 5 rings (SSSR count). The van der Waals surface area contributed by atoms with Crippen LogP contribution in [0.15, 0.2) is 82.6 Å². The number of aliphatic hydroxyl groups excluding tert-OH is 1. The molecule has 0 saturated heterocycles. The zero-order valence-electron chi connectivity index (χ0n) is 17.8. The van der Waals surface area contributed by atoms with Gasteiger partial charge in [-0.15, -0.1) is 0 Å². The number of H-pyrrole nitrogens is 1. The van der Waals surface area contributed by atoms with Gasteiger partial charge in [-0.05, 0) is 54.8 Å². The minimum Gasteiger partial charge on any atom is -0.503 e. The first-order valence-electron chi connectivity index (χ1n) is 10.6. The molecule has 1 atom stereocenters. The van der Waals surface area contributed by atoms with Crippen LogP contribution in [0, 0.1) is 12.7 Å². The predicted octanol–water partition coefficient (Wildman–Crippen LogP) is 5.03. The van der Waals surface area contributed by atoms with Crippen molar-refractivity contribution >= 4 is 22.6 Å². The van der Waals surface area contributed by atoms with Gasteiger partial charge < -0.3 is 19.4 Å². The van der Waals surface area contributed by atoms with Gasteiger partial charge in [0.2, 0.25) is 5.78 Å². The van der Waals surface area contributed by atoms with Gasteiger partial charge in [0.1, 0.15) is 11.6 Å². The number of carbonyl (C=O) groups is 2. The van der Waals surface area contributed by atoms with Gasteiger partial charge in [0.05, 0.1) is 11.6 Å². The van der Waals surface area contributed by atoms with Crippen molar-refractivity contribution in [2.75, 3.05) is 6.54 Å². The van der Waals surface area contributed by atoms with Crippen LogP contribution in [0.25, 0.3) is 10.9 Å². The number of aromatic nitrogens is 1. The van der Waals surface area contributed by atoms with Crippen LogP contribution >= 0.6 is 0 Å². The largest absolute Gasteiger partial charge is 0.503 e. The van der Waals surface area contributed by atoms with E-state index in [4.69, 9.17) is 4.42 Å². The fraction of sp³-hybridized carbons (Fsp3) is 0.154. The first-order chi connectivity index (χ1) is 15.9. The molecule has 2 aromatic heterocycles. The van der Waals surface area contributed by atoms with E-state index < -0.39 is 29.3 Å². The van der Waals surface area contributed by atoms with E-state index in [0.29, 0.717) is 17.7 Å². The van der Waals surface area contributed by atoms with Crippen LogP contribution in [0.3, 0.4) is 0 Å². The number of nitrogens with zero attached hydrogens (tertiary/aromatic N) is 1. The lowest BCUT2D eigenvalue weighted by Crippen LogP contribution is -2.33. The van der Waals surface area contributed by atoms with Crippen LogP contribution in [-0.2, 0) is 11.2 Å². The number of amides is 1. The van der Waals surface area contributed by atoms with Crippen LogP contribution in [-0.4, -0.2) is 33.2 Å². The number of hydrogen-bond donors (Lipinski definition) is 2. The standard InChI is InChI=1S/C26H21FN2O4/c1-15-6-11-21(33-15)24(30)22-23(16-7-9-18(27)10-8-16)29(26(32)25(22)31)13-12-17-14-28-20-5-3-2-4-19(17)20/h2-11,14,23,28,31H,12-13H2,1H3. The Labute approximate surface area is 188 Å². The smallest absolute Gasteiger partial charge is 0.290 e. The second kappa shape index (κ2) is 8.09. The molecule has 0 radical (unpaired) electrons. The molecule has 0 aliphatic carbocycles. The number of aromatic amines is 1. The summed E-state index contributed by atoms with van der Waals surface area (Å²) in [4.78, 5) is 31.0. The number of nitrogens with one attached hydrogen (secondary N) is 1.